The maximum Gasteiger partial charge on any atom is 0.410 e. The van der Waals surface area contributed by atoms with Gasteiger partial charge in [-0.1, -0.05) is 0 Å². The minimum absolute atomic E-state index is 0.0899. The quantitative estimate of drug-likeness (QED) is 0.710. The smallest absolute Gasteiger partial charge is 0.410 e. The number of likely N-dealkylation sites (tertiary alicyclic amines) is 1. The zero-order valence-electron chi connectivity index (χ0n) is 10.7. The molecule has 0 spiro atoms. The van der Waals surface area contributed by atoms with Crippen molar-refractivity contribution < 1.29 is 14.6 Å². The van der Waals surface area contributed by atoms with Crippen LogP contribution in [0.15, 0.2) is 0 Å². The Bertz CT molecular complexity index is 313. The van der Waals surface area contributed by atoms with Gasteiger partial charge in [0.2, 0.25) is 0 Å². The molecule has 1 amide bonds. The van der Waals surface area contributed by atoms with Crippen molar-refractivity contribution in [3.8, 4) is 0 Å². The minimum atomic E-state index is -0.511. The van der Waals surface area contributed by atoms with Crippen LogP contribution in [0.3, 0.4) is 0 Å². The molecule has 1 saturated heterocycles. The topological polar surface area (TPSA) is 75.8 Å². The van der Waals surface area contributed by atoms with E-state index in [-0.39, 0.29) is 30.8 Å². The van der Waals surface area contributed by atoms with Gasteiger partial charge in [0.25, 0.3) is 0 Å². The van der Waals surface area contributed by atoms with E-state index in [1.165, 1.54) is 0 Å². The number of nitrogens with zero attached hydrogens (tertiary/aromatic N) is 1. The second kappa shape index (κ2) is 4.14. The zero-order valence-corrected chi connectivity index (χ0v) is 10.7. The molecule has 2 aliphatic rings. The van der Waals surface area contributed by atoms with Gasteiger partial charge in [0.1, 0.15) is 5.60 Å². The Kier molecular flexibility index (Phi) is 3.08. The van der Waals surface area contributed by atoms with E-state index in [0.29, 0.717) is 5.92 Å². The van der Waals surface area contributed by atoms with Crippen LogP contribution >= 0.6 is 0 Å². The maximum atomic E-state index is 12.1. The van der Waals surface area contributed by atoms with Crippen LogP contribution in [0.5, 0.6) is 0 Å². The predicted molar refractivity (Wildman–Crippen MR) is 63.4 cm³/mol. The Morgan fingerprint density at radius 3 is 2.53 bits per heavy atom. The zero-order chi connectivity index (χ0) is 12.8. The summed E-state index contributed by atoms with van der Waals surface area (Å²) in [6.45, 7) is 5.43. The Morgan fingerprint density at radius 2 is 2.12 bits per heavy atom. The van der Waals surface area contributed by atoms with Crippen LogP contribution in [0.2, 0.25) is 0 Å². The molecule has 1 aliphatic heterocycles. The molecule has 1 aliphatic carbocycles. The van der Waals surface area contributed by atoms with E-state index >= 15 is 0 Å². The molecule has 98 valence electrons. The van der Waals surface area contributed by atoms with E-state index in [0.717, 1.165) is 12.8 Å². The lowest BCUT2D eigenvalue weighted by Crippen LogP contribution is -2.49. The predicted octanol–water partition coefficient (Wildman–Crippen LogP) is 0.704. The van der Waals surface area contributed by atoms with Gasteiger partial charge in [0.05, 0.1) is 12.6 Å². The second-order valence-corrected chi connectivity index (χ2v) is 6.02. The van der Waals surface area contributed by atoms with Gasteiger partial charge in [-0.3, -0.25) is 4.90 Å². The molecule has 0 aromatic rings. The van der Waals surface area contributed by atoms with E-state index in [1.54, 1.807) is 4.90 Å². The first-order valence-electron chi connectivity index (χ1n) is 6.23. The molecule has 4 atom stereocenters. The number of aliphatic hydroxyl groups is 1. The fourth-order valence-corrected chi connectivity index (χ4v) is 2.81. The number of carbonyl (C=O) groups excluding carboxylic acids is 1. The summed E-state index contributed by atoms with van der Waals surface area (Å²) in [6.07, 6.45) is 1.66. The van der Waals surface area contributed by atoms with Crippen molar-refractivity contribution in [3.63, 3.8) is 0 Å². The average molecular weight is 242 g/mol. The van der Waals surface area contributed by atoms with Gasteiger partial charge in [0, 0.05) is 12.1 Å². The lowest BCUT2D eigenvalue weighted by Gasteiger charge is -2.37. The van der Waals surface area contributed by atoms with E-state index in [2.05, 4.69) is 0 Å². The first-order valence-corrected chi connectivity index (χ1v) is 6.23. The fraction of sp³-hybridized carbons (Fsp3) is 0.917. The summed E-state index contributed by atoms with van der Waals surface area (Å²) in [7, 11) is 0. The third-order valence-corrected chi connectivity index (χ3v) is 3.73. The first kappa shape index (κ1) is 12.6. The molecule has 0 bridgehead atoms. The van der Waals surface area contributed by atoms with Crippen LogP contribution in [0.1, 0.15) is 33.6 Å². The van der Waals surface area contributed by atoms with Crippen molar-refractivity contribution in [1.29, 1.82) is 0 Å². The largest absolute Gasteiger partial charge is 0.444 e. The van der Waals surface area contributed by atoms with Gasteiger partial charge in [0.15, 0.2) is 0 Å². The van der Waals surface area contributed by atoms with Gasteiger partial charge >= 0.3 is 6.09 Å². The molecule has 5 nitrogen and oxygen atoms in total. The molecule has 0 aromatic heterocycles. The molecule has 1 saturated carbocycles. The molecule has 5 heteroatoms. The monoisotopic (exact) mass is 242 g/mol. The van der Waals surface area contributed by atoms with Crippen LogP contribution in [-0.4, -0.2) is 46.4 Å². The number of fused-ring (bicyclic) bond motifs is 1. The maximum absolute atomic E-state index is 12.1. The highest BCUT2D eigenvalue weighted by molar-refractivity contribution is 5.70. The van der Waals surface area contributed by atoms with Crippen LogP contribution in [0.4, 0.5) is 4.79 Å². The number of nitrogens with two attached hydrogens (primary N) is 1. The number of aliphatic hydroxyl groups excluding tert-OH is 1. The molecule has 1 heterocycles. The summed E-state index contributed by atoms with van der Waals surface area (Å²) >= 11 is 0. The van der Waals surface area contributed by atoms with Crippen molar-refractivity contribution in [2.75, 3.05) is 6.61 Å². The van der Waals surface area contributed by atoms with Crippen molar-refractivity contribution >= 4 is 6.09 Å². The standard InChI is InChI=1S/C12H22N2O3/c1-12(2,3)17-11(16)14-8-5-4-7(8)10(13)9(14)6-15/h7-10,15H,4-6,13H2,1-3H3/t7-,8+,9-,10+/m0/s1. The number of ether oxygens (including phenoxy) is 1. The van der Waals surface area contributed by atoms with Crippen molar-refractivity contribution in [1.82, 2.24) is 4.90 Å². The van der Waals surface area contributed by atoms with Crippen LogP contribution < -0.4 is 5.73 Å². The summed E-state index contributed by atoms with van der Waals surface area (Å²) in [5, 5.41) is 9.39. The van der Waals surface area contributed by atoms with Crippen molar-refractivity contribution in [2.24, 2.45) is 11.7 Å². The summed E-state index contributed by atoms with van der Waals surface area (Å²) in [4.78, 5) is 13.8. The Hall–Kier alpha value is -0.810. The van der Waals surface area contributed by atoms with Gasteiger partial charge < -0.3 is 15.6 Å². The number of hydrogen-bond donors (Lipinski definition) is 2. The number of hydrogen-bond acceptors (Lipinski definition) is 4. The summed E-state index contributed by atoms with van der Waals surface area (Å²) in [5.74, 6) is 0.333. The summed E-state index contributed by atoms with van der Waals surface area (Å²) < 4.78 is 5.38. The number of carbonyl (C=O) groups is 1. The van der Waals surface area contributed by atoms with E-state index in [9.17, 15) is 9.90 Å². The lowest BCUT2D eigenvalue weighted by molar-refractivity contribution is 0.000443. The number of rotatable bonds is 1. The Morgan fingerprint density at radius 1 is 1.47 bits per heavy atom. The lowest BCUT2D eigenvalue weighted by atomic mass is 9.77. The third kappa shape index (κ3) is 2.13. The molecule has 17 heavy (non-hydrogen) atoms. The van der Waals surface area contributed by atoms with Crippen LogP contribution in [0, 0.1) is 5.92 Å². The molecular formula is C12H22N2O3. The Labute approximate surface area is 102 Å². The molecule has 2 rings (SSSR count). The molecule has 0 unspecified atom stereocenters. The molecular weight excluding hydrogens is 220 g/mol. The summed E-state index contributed by atoms with van der Waals surface area (Å²) in [5.41, 5.74) is 5.55. The molecule has 0 radical (unpaired) electrons. The van der Waals surface area contributed by atoms with E-state index < -0.39 is 5.60 Å². The molecule has 0 aromatic carbocycles. The molecule has 3 N–H and O–H groups in total. The third-order valence-electron chi connectivity index (χ3n) is 3.73. The highest BCUT2D eigenvalue weighted by Gasteiger charge is 2.54. The van der Waals surface area contributed by atoms with Crippen LogP contribution in [-0.2, 0) is 4.74 Å². The normalized spacial score (nSPS) is 36.4. The number of amides is 1. The summed E-state index contributed by atoms with van der Waals surface area (Å²) in [6, 6.07) is -0.245. The first-order chi connectivity index (χ1) is 7.85. The van der Waals surface area contributed by atoms with E-state index in [4.69, 9.17) is 10.5 Å². The Balaban J connectivity index is 2.11. The van der Waals surface area contributed by atoms with Crippen molar-refractivity contribution in [3.05, 3.63) is 0 Å². The van der Waals surface area contributed by atoms with Gasteiger partial charge in [-0.05, 0) is 39.5 Å². The SMILES string of the molecule is CC(C)(C)OC(=O)N1[C@@H]2CC[C@@H]2[C@@H](N)[C@@H]1CO. The fourth-order valence-electron chi connectivity index (χ4n) is 2.81. The molecule has 2 fully saturated rings. The van der Waals surface area contributed by atoms with Crippen LogP contribution in [0.25, 0.3) is 0 Å². The van der Waals surface area contributed by atoms with Gasteiger partial charge in [-0.25, -0.2) is 4.79 Å². The van der Waals surface area contributed by atoms with Gasteiger partial charge in [-0.15, -0.1) is 0 Å². The minimum Gasteiger partial charge on any atom is -0.444 e. The van der Waals surface area contributed by atoms with E-state index in [1.807, 2.05) is 20.8 Å². The highest BCUT2D eigenvalue weighted by Crippen LogP contribution is 2.43. The average Bonchev–Trinajstić information content (AvgIpc) is 2.30. The van der Waals surface area contributed by atoms with Gasteiger partial charge in [-0.2, -0.15) is 0 Å². The van der Waals surface area contributed by atoms with Crippen molar-refractivity contribution in [2.45, 2.75) is 57.3 Å². The highest BCUT2D eigenvalue weighted by atomic mass is 16.6. The second-order valence-electron chi connectivity index (χ2n) is 6.02.